The number of aryl methyl sites for hydroxylation is 2. The smallest absolute Gasteiger partial charge is 0.417 e. The molecule has 1 aromatic heterocycles. The quantitative estimate of drug-likeness (QED) is 0.438. The number of esters is 1. The Morgan fingerprint density at radius 1 is 1.32 bits per heavy atom. The Morgan fingerprint density at radius 2 is 1.96 bits per heavy atom. The van der Waals surface area contributed by atoms with Crippen molar-refractivity contribution in [3.8, 4) is 0 Å². The van der Waals surface area contributed by atoms with Crippen LogP contribution in [-0.2, 0) is 10.9 Å². The van der Waals surface area contributed by atoms with Gasteiger partial charge in [0.25, 0.3) is 0 Å². The lowest BCUT2D eigenvalue weighted by molar-refractivity contribution is -0.137. The largest absolute Gasteiger partial charge is 0.465 e. The van der Waals surface area contributed by atoms with Gasteiger partial charge >= 0.3 is 12.1 Å². The number of aromatic amines is 1. The second-order valence-corrected chi connectivity index (χ2v) is 7.16. The zero-order chi connectivity index (χ0) is 18.9. The molecule has 0 aliphatic rings. The van der Waals surface area contributed by atoms with Crippen LogP contribution >= 0.6 is 39.5 Å². The summed E-state index contributed by atoms with van der Waals surface area (Å²) in [6.45, 7) is 3.51. The van der Waals surface area contributed by atoms with Crippen LogP contribution in [0.2, 0.25) is 5.02 Å². The van der Waals surface area contributed by atoms with Crippen molar-refractivity contribution in [1.82, 2.24) is 4.98 Å². The molecule has 0 radical (unpaired) electrons. The lowest BCUT2D eigenvalue weighted by Gasteiger charge is -2.14. The number of carbonyl (C=O) groups is 1. The second kappa shape index (κ2) is 7.51. The molecule has 4 nitrogen and oxygen atoms in total. The summed E-state index contributed by atoms with van der Waals surface area (Å²) in [7, 11) is 1.28. The van der Waals surface area contributed by atoms with Gasteiger partial charge in [-0.1, -0.05) is 11.6 Å². The number of anilines is 1. The van der Waals surface area contributed by atoms with Crippen molar-refractivity contribution < 1.29 is 22.7 Å². The van der Waals surface area contributed by atoms with Crippen LogP contribution in [0, 0.1) is 13.8 Å². The predicted molar refractivity (Wildman–Crippen MR) is 95.2 cm³/mol. The van der Waals surface area contributed by atoms with E-state index in [9.17, 15) is 18.0 Å². The van der Waals surface area contributed by atoms with Gasteiger partial charge < -0.3 is 14.4 Å². The average Bonchev–Trinajstić information content (AvgIpc) is 2.79. The van der Waals surface area contributed by atoms with Gasteiger partial charge in [-0.15, -0.1) is 0 Å². The maximum absolute atomic E-state index is 12.9. The van der Waals surface area contributed by atoms with Crippen LogP contribution in [0.4, 0.5) is 18.9 Å². The molecule has 0 saturated heterocycles. The molecule has 2 aromatic rings. The molecule has 10 heteroatoms. The summed E-state index contributed by atoms with van der Waals surface area (Å²) in [6, 6.07) is 2.08. The third-order valence-corrected chi connectivity index (χ3v) is 5.34. The number of benzene rings is 1. The van der Waals surface area contributed by atoms with Crippen molar-refractivity contribution in [2.24, 2.45) is 0 Å². The zero-order valence-electron chi connectivity index (χ0n) is 13.3. The van der Waals surface area contributed by atoms with E-state index in [-0.39, 0.29) is 4.47 Å². The van der Waals surface area contributed by atoms with E-state index >= 15 is 0 Å². The van der Waals surface area contributed by atoms with E-state index in [0.29, 0.717) is 21.8 Å². The average molecular weight is 458 g/mol. The van der Waals surface area contributed by atoms with Crippen LogP contribution < -0.4 is 4.72 Å². The Hall–Kier alpha value is -1.32. The lowest BCUT2D eigenvalue weighted by atomic mass is 10.2. The molecule has 0 bridgehead atoms. The van der Waals surface area contributed by atoms with Gasteiger partial charge in [0.05, 0.1) is 33.8 Å². The number of ether oxygens (including phenoxy) is 1. The molecule has 0 amide bonds. The van der Waals surface area contributed by atoms with Crippen molar-refractivity contribution in [2.75, 3.05) is 11.8 Å². The van der Waals surface area contributed by atoms with Crippen molar-refractivity contribution in [3.63, 3.8) is 0 Å². The highest BCUT2D eigenvalue weighted by atomic mass is 79.9. The third-order valence-electron chi connectivity index (χ3n) is 3.33. The minimum atomic E-state index is -4.54. The molecule has 2 N–H and O–H groups in total. The van der Waals surface area contributed by atoms with E-state index in [0.717, 1.165) is 23.7 Å². The zero-order valence-corrected chi connectivity index (χ0v) is 16.4. The fraction of sp³-hybridized carbons (Fsp3) is 0.267. The van der Waals surface area contributed by atoms with Gasteiger partial charge in [-0.3, -0.25) is 0 Å². The highest BCUT2D eigenvalue weighted by Gasteiger charge is 2.34. The summed E-state index contributed by atoms with van der Waals surface area (Å²) < 4.78 is 46.5. The van der Waals surface area contributed by atoms with E-state index in [1.54, 1.807) is 13.8 Å². The van der Waals surface area contributed by atoms with Crippen LogP contribution in [0.25, 0.3) is 0 Å². The molecule has 0 unspecified atom stereocenters. The Kier molecular flexibility index (Phi) is 6.01. The number of nitrogens with one attached hydrogen (secondary N) is 2. The van der Waals surface area contributed by atoms with Crippen LogP contribution in [0.15, 0.2) is 21.5 Å². The number of H-pyrrole nitrogens is 1. The number of hydrogen-bond acceptors (Lipinski definition) is 4. The normalized spacial score (nSPS) is 11.5. The minimum absolute atomic E-state index is 0.196. The molecule has 0 aliphatic heterocycles. The monoisotopic (exact) mass is 456 g/mol. The van der Waals surface area contributed by atoms with Crippen molar-refractivity contribution >= 4 is 51.1 Å². The fourth-order valence-corrected chi connectivity index (χ4v) is 3.95. The maximum atomic E-state index is 12.9. The molecular weight excluding hydrogens is 445 g/mol. The van der Waals surface area contributed by atoms with E-state index in [2.05, 4.69) is 25.6 Å². The summed E-state index contributed by atoms with van der Waals surface area (Å²) in [4.78, 5) is 15.5. The molecule has 2 rings (SSSR count). The number of alkyl halides is 3. The third kappa shape index (κ3) is 4.27. The first-order chi connectivity index (χ1) is 11.6. The Morgan fingerprint density at radius 3 is 2.52 bits per heavy atom. The number of methoxy groups -OCH3 is 1. The van der Waals surface area contributed by atoms with E-state index in [1.807, 2.05) is 0 Å². The molecule has 0 fully saturated rings. The Balaban J connectivity index is 2.32. The van der Waals surface area contributed by atoms with Gasteiger partial charge in [0.1, 0.15) is 0 Å². The Labute approximate surface area is 159 Å². The predicted octanol–water partition coefficient (Wildman–Crippen LogP) is 5.97. The first kappa shape index (κ1) is 20.0. The van der Waals surface area contributed by atoms with Gasteiger partial charge in [0.2, 0.25) is 0 Å². The van der Waals surface area contributed by atoms with Crippen LogP contribution in [0.3, 0.4) is 0 Å². The van der Waals surface area contributed by atoms with Crippen molar-refractivity contribution in [1.29, 1.82) is 0 Å². The fourth-order valence-electron chi connectivity index (χ4n) is 2.18. The van der Waals surface area contributed by atoms with E-state index < -0.39 is 22.7 Å². The first-order valence-electron chi connectivity index (χ1n) is 6.82. The highest BCUT2D eigenvalue weighted by molar-refractivity contribution is 9.10. The lowest BCUT2D eigenvalue weighted by Crippen LogP contribution is -2.07. The molecule has 1 heterocycles. The number of carbonyl (C=O) groups excluding carboxylic acids is 1. The van der Waals surface area contributed by atoms with Gasteiger partial charge in [0, 0.05) is 15.9 Å². The van der Waals surface area contributed by atoms with Crippen LogP contribution in [0.5, 0.6) is 0 Å². The van der Waals surface area contributed by atoms with Gasteiger partial charge in [-0.25, -0.2) is 4.79 Å². The Bertz CT molecular complexity index is 824. The molecule has 0 aliphatic carbocycles. The summed E-state index contributed by atoms with van der Waals surface area (Å²) in [6.07, 6.45) is -4.54. The highest BCUT2D eigenvalue weighted by Crippen LogP contribution is 2.41. The molecule has 0 saturated carbocycles. The van der Waals surface area contributed by atoms with Gasteiger partial charge in [0.15, 0.2) is 0 Å². The standard InChI is InChI=1S/C15H13BrClF3N2O2S/c1-6-12(14(23)24-3)13(7(2)21-6)25-22-11-5-10(17)8(4-9(11)16)15(18,19)20/h4-5,21-22H,1-3H3. The topological polar surface area (TPSA) is 54.1 Å². The molecule has 0 spiro atoms. The summed E-state index contributed by atoms with van der Waals surface area (Å²) >= 11 is 9.91. The molecule has 136 valence electrons. The van der Waals surface area contributed by atoms with Crippen molar-refractivity contribution in [2.45, 2.75) is 24.9 Å². The van der Waals surface area contributed by atoms with E-state index in [4.69, 9.17) is 16.3 Å². The summed E-state index contributed by atoms with van der Waals surface area (Å²) in [5.41, 5.74) is 1.15. The summed E-state index contributed by atoms with van der Waals surface area (Å²) in [5.74, 6) is -0.504. The van der Waals surface area contributed by atoms with Crippen molar-refractivity contribution in [3.05, 3.63) is 44.1 Å². The second-order valence-electron chi connectivity index (χ2n) is 5.08. The number of rotatable bonds is 4. The number of hydrogen-bond donors (Lipinski definition) is 2. The number of aromatic nitrogens is 1. The van der Waals surface area contributed by atoms with Gasteiger partial charge in [-0.05, 0) is 53.9 Å². The van der Waals surface area contributed by atoms with Crippen LogP contribution in [0.1, 0.15) is 27.3 Å². The molecular formula is C15H13BrClF3N2O2S. The van der Waals surface area contributed by atoms with Crippen LogP contribution in [-0.4, -0.2) is 18.1 Å². The first-order valence-corrected chi connectivity index (χ1v) is 8.81. The summed E-state index contributed by atoms with van der Waals surface area (Å²) in [5, 5.41) is -0.422. The SMILES string of the molecule is COC(=O)c1c(C)[nH]c(C)c1SNc1cc(Cl)c(C(F)(F)F)cc1Br. The van der Waals surface area contributed by atoms with Gasteiger partial charge in [-0.2, -0.15) is 13.2 Å². The molecule has 0 atom stereocenters. The number of halogens is 5. The molecule has 1 aromatic carbocycles. The van der Waals surface area contributed by atoms with E-state index in [1.165, 1.54) is 13.2 Å². The molecule has 25 heavy (non-hydrogen) atoms. The minimum Gasteiger partial charge on any atom is -0.465 e. The maximum Gasteiger partial charge on any atom is 0.417 e.